The number of likely N-dealkylation sites (tertiary alicyclic amines) is 1. The molecule has 146 valence electrons. The molecular formula is C20H29N5O2. The van der Waals surface area contributed by atoms with Gasteiger partial charge in [-0.2, -0.15) is 0 Å². The Balaban J connectivity index is 1.56. The summed E-state index contributed by atoms with van der Waals surface area (Å²) in [6.07, 6.45) is 8.09. The fourth-order valence-electron chi connectivity index (χ4n) is 4.60. The van der Waals surface area contributed by atoms with Crippen LogP contribution < -0.4 is 4.74 Å². The minimum Gasteiger partial charge on any atom is -0.497 e. The lowest BCUT2D eigenvalue weighted by Gasteiger charge is -2.30. The van der Waals surface area contributed by atoms with Gasteiger partial charge in [-0.05, 0) is 53.8 Å². The third-order valence-electron chi connectivity index (χ3n) is 6.11. The fraction of sp³-hybridized carbons (Fsp3) is 0.650. The van der Waals surface area contributed by atoms with Gasteiger partial charge in [0.15, 0.2) is 5.82 Å². The maximum absolute atomic E-state index is 9.91. The van der Waals surface area contributed by atoms with Crippen molar-refractivity contribution in [1.82, 2.24) is 25.1 Å². The summed E-state index contributed by atoms with van der Waals surface area (Å²) in [5.74, 6) is 1.82. The van der Waals surface area contributed by atoms with Crippen LogP contribution in [0.3, 0.4) is 0 Å². The predicted molar refractivity (Wildman–Crippen MR) is 101 cm³/mol. The Morgan fingerprint density at radius 3 is 2.56 bits per heavy atom. The largest absolute Gasteiger partial charge is 0.497 e. The third-order valence-corrected chi connectivity index (χ3v) is 6.11. The van der Waals surface area contributed by atoms with Gasteiger partial charge in [0.05, 0.1) is 25.8 Å². The monoisotopic (exact) mass is 371 g/mol. The van der Waals surface area contributed by atoms with Crippen molar-refractivity contribution < 1.29 is 9.84 Å². The third kappa shape index (κ3) is 3.84. The van der Waals surface area contributed by atoms with Crippen molar-refractivity contribution in [3.8, 4) is 5.75 Å². The van der Waals surface area contributed by atoms with Crippen LogP contribution in [-0.4, -0.2) is 50.0 Å². The van der Waals surface area contributed by atoms with Crippen LogP contribution >= 0.6 is 0 Å². The van der Waals surface area contributed by atoms with E-state index in [1.807, 2.05) is 12.1 Å². The van der Waals surface area contributed by atoms with Crippen molar-refractivity contribution in [2.24, 2.45) is 0 Å². The molecule has 1 aliphatic heterocycles. The lowest BCUT2D eigenvalue weighted by Crippen LogP contribution is -2.35. The van der Waals surface area contributed by atoms with E-state index in [1.54, 1.807) is 7.11 Å². The Hall–Kier alpha value is -1.99. The summed E-state index contributed by atoms with van der Waals surface area (Å²) in [5, 5.41) is 22.7. The number of aliphatic hydroxyl groups excluding tert-OH is 1. The quantitative estimate of drug-likeness (QED) is 0.841. The average molecular weight is 371 g/mol. The van der Waals surface area contributed by atoms with Gasteiger partial charge in [-0.1, -0.05) is 31.4 Å². The van der Waals surface area contributed by atoms with Crippen LogP contribution in [0.1, 0.15) is 68.4 Å². The first kappa shape index (κ1) is 18.4. The Morgan fingerprint density at radius 2 is 1.85 bits per heavy atom. The molecule has 7 heteroatoms. The minimum atomic E-state index is 0.147. The van der Waals surface area contributed by atoms with E-state index in [0.29, 0.717) is 6.04 Å². The second kappa shape index (κ2) is 8.35. The zero-order valence-electron chi connectivity index (χ0n) is 16.0. The van der Waals surface area contributed by atoms with E-state index in [2.05, 4.69) is 37.2 Å². The standard InChI is InChI=1S/C20H29N5O2/c1-27-18-10-7-15(8-11-18)13-24-17(14-26)9-12-19(24)20-21-22-23-25(20)16-5-3-2-4-6-16/h7-8,10-11,16-17,19,26H,2-6,9,12-14H2,1H3/t17-,19-/m0/s1. The first-order valence-corrected chi connectivity index (χ1v) is 10.1. The van der Waals surface area contributed by atoms with E-state index in [9.17, 15) is 5.11 Å². The normalized spacial score (nSPS) is 24.4. The molecule has 1 N–H and O–H groups in total. The lowest BCUT2D eigenvalue weighted by molar-refractivity contribution is 0.115. The summed E-state index contributed by atoms with van der Waals surface area (Å²) in [6.45, 7) is 0.940. The van der Waals surface area contributed by atoms with Gasteiger partial charge in [0.25, 0.3) is 0 Å². The highest BCUT2D eigenvalue weighted by molar-refractivity contribution is 5.27. The molecule has 1 aromatic carbocycles. The molecule has 4 rings (SSSR count). The molecule has 2 fully saturated rings. The number of tetrazole rings is 1. The van der Waals surface area contributed by atoms with E-state index < -0.39 is 0 Å². The lowest BCUT2D eigenvalue weighted by atomic mass is 9.95. The molecule has 27 heavy (non-hydrogen) atoms. The van der Waals surface area contributed by atoms with Crippen LogP contribution in [-0.2, 0) is 6.54 Å². The minimum absolute atomic E-state index is 0.147. The molecule has 0 amide bonds. The van der Waals surface area contributed by atoms with Crippen LogP contribution in [0.5, 0.6) is 5.75 Å². The molecule has 0 radical (unpaired) electrons. The fourth-order valence-corrected chi connectivity index (χ4v) is 4.60. The summed E-state index contributed by atoms with van der Waals surface area (Å²) in [6, 6.07) is 8.87. The van der Waals surface area contributed by atoms with Gasteiger partial charge < -0.3 is 9.84 Å². The van der Waals surface area contributed by atoms with Crippen LogP contribution in [0.4, 0.5) is 0 Å². The molecule has 0 unspecified atom stereocenters. The van der Waals surface area contributed by atoms with Crippen LogP contribution in [0.15, 0.2) is 24.3 Å². The number of hydrogen-bond acceptors (Lipinski definition) is 6. The van der Waals surface area contributed by atoms with Gasteiger partial charge in [0.1, 0.15) is 5.75 Å². The number of ether oxygens (including phenoxy) is 1. The number of hydrogen-bond donors (Lipinski definition) is 1. The zero-order valence-corrected chi connectivity index (χ0v) is 16.0. The molecule has 1 saturated carbocycles. The van der Waals surface area contributed by atoms with Gasteiger partial charge in [0.2, 0.25) is 0 Å². The Kier molecular flexibility index (Phi) is 5.69. The van der Waals surface area contributed by atoms with Gasteiger partial charge in [-0.15, -0.1) is 5.10 Å². The highest BCUT2D eigenvalue weighted by Gasteiger charge is 2.38. The SMILES string of the molecule is COc1ccc(CN2[C@H](CO)CC[C@H]2c2nnnn2C2CCCCC2)cc1. The number of benzene rings is 1. The Bertz CT molecular complexity index is 726. The number of aromatic nitrogens is 4. The molecule has 0 spiro atoms. The van der Waals surface area contributed by atoms with Crippen molar-refractivity contribution in [3.63, 3.8) is 0 Å². The van der Waals surface area contributed by atoms with Crippen molar-refractivity contribution in [3.05, 3.63) is 35.7 Å². The molecule has 7 nitrogen and oxygen atoms in total. The van der Waals surface area contributed by atoms with E-state index in [1.165, 1.54) is 24.8 Å². The first-order valence-electron chi connectivity index (χ1n) is 10.1. The van der Waals surface area contributed by atoms with Gasteiger partial charge in [0, 0.05) is 12.6 Å². The number of methoxy groups -OCH3 is 1. The number of nitrogens with zero attached hydrogens (tertiary/aromatic N) is 5. The van der Waals surface area contributed by atoms with Gasteiger partial charge >= 0.3 is 0 Å². The van der Waals surface area contributed by atoms with Gasteiger partial charge in [-0.25, -0.2) is 4.68 Å². The molecule has 0 bridgehead atoms. The topological polar surface area (TPSA) is 76.3 Å². The molecule has 2 aromatic rings. The van der Waals surface area contributed by atoms with E-state index in [0.717, 1.165) is 43.8 Å². The summed E-state index contributed by atoms with van der Waals surface area (Å²) >= 11 is 0. The van der Waals surface area contributed by atoms with E-state index in [-0.39, 0.29) is 18.7 Å². The molecule has 2 aliphatic rings. The smallest absolute Gasteiger partial charge is 0.168 e. The summed E-state index contributed by atoms with van der Waals surface area (Å²) in [4.78, 5) is 2.37. The van der Waals surface area contributed by atoms with Crippen molar-refractivity contribution in [2.45, 2.75) is 69.6 Å². The Labute approximate surface area is 160 Å². The second-order valence-corrected chi connectivity index (χ2v) is 7.72. The number of rotatable bonds is 6. The van der Waals surface area contributed by atoms with Crippen molar-refractivity contribution >= 4 is 0 Å². The maximum atomic E-state index is 9.91. The molecule has 2 heterocycles. The number of aliphatic hydroxyl groups is 1. The second-order valence-electron chi connectivity index (χ2n) is 7.72. The first-order chi connectivity index (χ1) is 13.3. The molecule has 2 atom stereocenters. The van der Waals surface area contributed by atoms with E-state index in [4.69, 9.17) is 4.74 Å². The van der Waals surface area contributed by atoms with Crippen LogP contribution in [0.25, 0.3) is 0 Å². The molecular weight excluding hydrogens is 342 g/mol. The van der Waals surface area contributed by atoms with Crippen molar-refractivity contribution in [2.75, 3.05) is 13.7 Å². The van der Waals surface area contributed by atoms with Crippen LogP contribution in [0.2, 0.25) is 0 Å². The van der Waals surface area contributed by atoms with Crippen LogP contribution in [0, 0.1) is 0 Å². The highest BCUT2D eigenvalue weighted by Crippen LogP contribution is 2.38. The zero-order chi connectivity index (χ0) is 18.6. The summed E-state index contributed by atoms with van der Waals surface area (Å²) < 4.78 is 7.33. The predicted octanol–water partition coefficient (Wildman–Crippen LogP) is 2.88. The van der Waals surface area contributed by atoms with E-state index >= 15 is 0 Å². The van der Waals surface area contributed by atoms with Crippen molar-refractivity contribution in [1.29, 1.82) is 0 Å². The molecule has 1 aliphatic carbocycles. The highest BCUT2D eigenvalue weighted by atomic mass is 16.5. The summed E-state index contributed by atoms with van der Waals surface area (Å²) in [7, 11) is 1.68. The maximum Gasteiger partial charge on any atom is 0.168 e. The molecule has 1 aromatic heterocycles. The van der Waals surface area contributed by atoms with Gasteiger partial charge in [-0.3, -0.25) is 4.90 Å². The molecule has 1 saturated heterocycles. The summed E-state index contributed by atoms with van der Waals surface area (Å²) in [5.41, 5.74) is 1.21. The Morgan fingerprint density at radius 1 is 1.07 bits per heavy atom. The average Bonchev–Trinajstić information content (AvgIpc) is 3.36.